The van der Waals surface area contributed by atoms with E-state index in [0.29, 0.717) is 13.1 Å². The predicted octanol–water partition coefficient (Wildman–Crippen LogP) is 8.71. The Balaban J connectivity index is 1.14. The smallest absolute Gasteiger partial charge is 0.115 e. The fraction of sp³-hybridized carbons (Fsp3) is 0.0476. The zero-order chi connectivity index (χ0) is 33.3. The van der Waals surface area contributed by atoms with Crippen molar-refractivity contribution in [3.63, 3.8) is 0 Å². The van der Waals surface area contributed by atoms with E-state index in [2.05, 4.69) is 81.3 Å². The van der Waals surface area contributed by atoms with Gasteiger partial charge in [0.15, 0.2) is 0 Å². The monoisotopic (exact) mass is 646 g/mol. The van der Waals surface area contributed by atoms with E-state index in [0.717, 1.165) is 78.3 Å². The molecule has 0 atom stereocenters. The molecule has 8 heteroatoms. The summed E-state index contributed by atoms with van der Waals surface area (Å²) in [5.41, 5.74) is 10.9. The minimum Gasteiger partial charge on any atom is -0.247 e. The summed E-state index contributed by atoms with van der Waals surface area (Å²) in [7, 11) is 0. The van der Waals surface area contributed by atoms with Crippen LogP contribution in [0.2, 0.25) is 0 Å². The third kappa shape index (κ3) is 5.58. The predicted molar refractivity (Wildman–Crippen MR) is 198 cm³/mol. The Bertz CT molecular complexity index is 2370. The molecule has 2 aromatic heterocycles. The van der Waals surface area contributed by atoms with Crippen LogP contribution in [0.5, 0.6) is 0 Å². The fourth-order valence-electron chi connectivity index (χ4n) is 6.57. The second-order valence-corrected chi connectivity index (χ2v) is 12.2. The standard InChI is InChI=1S/C42H30N8/c1-3-13-29(14-4-1)25-49-27-38(45-47-49)32-19-7-9-23-36(32)43-41-34-21-11-17-31-18-12-22-35(40(31)34)42(41)44-37-24-10-8-20-33(37)39-28-50(48-46-39)26-30-15-5-2-6-16-30/h1-24,27-28H,25-26H2. The SMILES string of the molecule is c1ccc(Cn2cc(-c3ccccc3N=C3C(=Nc4ccccc4-c4cn(Cc5ccccc5)nn4)c4cccc5cccc3c45)nn2)cc1. The van der Waals surface area contributed by atoms with Crippen molar-refractivity contribution in [2.45, 2.75) is 13.1 Å². The van der Waals surface area contributed by atoms with Crippen LogP contribution in [-0.4, -0.2) is 41.4 Å². The average molecular weight is 647 g/mol. The normalized spacial score (nSPS) is 13.8. The van der Waals surface area contributed by atoms with Gasteiger partial charge < -0.3 is 0 Å². The lowest BCUT2D eigenvalue weighted by atomic mass is 10.1. The molecule has 0 amide bonds. The summed E-state index contributed by atoms with van der Waals surface area (Å²) in [6, 6.07) is 49.4. The number of benzene rings is 6. The highest BCUT2D eigenvalue weighted by Crippen LogP contribution is 2.38. The molecule has 0 N–H and O–H groups in total. The van der Waals surface area contributed by atoms with Gasteiger partial charge in [-0.1, -0.05) is 144 Å². The summed E-state index contributed by atoms with van der Waals surface area (Å²) in [4.78, 5) is 10.8. The first-order valence-electron chi connectivity index (χ1n) is 16.5. The van der Waals surface area contributed by atoms with Crippen molar-refractivity contribution in [1.29, 1.82) is 0 Å². The van der Waals surface area contributed by atoms with E-state index in [4.69, 9.17) is 9.98 Å². The third-order valence-corrected chi connectivity index (χ3v) is 8.92. The Morgan fingerprint density at radius 1 is 0.420 bits per heavy atom. The average Bonchev–Trinajstić information content (AvgIpc) is 3.90. The van der Waals surface area contributed by atoms with Crippen LogP contribution in [0, 0.1) is 0 Å². The number of para-hydroxylation sites is 2. The molecule has 238 valence electrons. The molecule has 2 heterocycles. The van der Waals surface area contributed by atoms with Crippen molar-refractivity contribution >= 4 is 33.6 Å². The Kier molecular flexibility index (Phi) is 7.43. The largest absolute Gasteiger partial charge is 0.247 e. The molecule has 0 bridgehead atoms. The van der Waals surface area contributed by atoms with Crippen molar-refractivity contribution in [3.05, 3.63) is 180 Å². The van der Waals surface area contributed by atoms with Crippen LogP contribution in [-0.2, 0) is 13.1 Å². The number of nitrogens with zero attached hydrogens (tertiary/aromatic N) is 8. The molecule has 0 saturated carbocycles. The Morgan fingerprint density at radius 3 is 1.32 bits per heavy atom. The van der Waals surface area contributed by atoms with Crippen LogP contribution in [0.15, 0.2) is 168 Å². The summed E-state index contributed by atoms with van der Waals surface area (Å²) >= 11 is 0. The van der Waals surface area contributed by atoms with E-state index >= 15 is 0 Å². The van der Waals surface area contributed by atoms with E-state index in [-0.39, 0.29) is 0 Å². The molecule has 50 heavy (non-hydrogen) atoms. The molecular formula is C42H30N8. The van der Waals surface area contributed by atoms with Crippen LogP contribution >= 0.6 is 0 Å². The van der Waals surface area contributed by atoms with Crippen molar-refractivity contribution in [3.8, 4) is 22.5 Å². The molecule has 0 aliphatic heterocycles. The summed E-state index contributed by atoms with van der Waals surface area (Å²) < 4.78 is 3.72. The van der Waals surface area contributed by atoms with Gasteiger partial charge in [0.05, 0.1) is 48.3 Å². The highest BCUT2D eigenvalue weighted by Gasteiger charge is 2.28. The zero-order valence-corrected chi connectivity index (χ0v) is 27.0. The first-order chi connectivity index (χ1) is 24.8. The lowest BCUT2D eigenvalue weighted by molar-refractivity contribution is 0.650. The lowest BCUT2D eigenvalue weighted by Gasteiger charge is -2.08. The van der Waals surface area contributed by atoms with Gasteiger partial charge in [0, 0.05) is 27.6 Å². The molecule has 6 aromatic carbocycles. The second kappa shape index (κ2) is 12.7. The van der Waals surface area contributed by atoms with Gasteiger partial charge in [-0.15, -0.1) is 10.2 Å². The Labute approximate surface area is 288 Å². The number of rotatable bonds is 8. The van der Waals surface area contributed by atoms with Gasteiger partial charge in [0.2, 0.25) is 0 Å². The molecule has 8 nitrogen and oxygen atoms in total. The maximum atomic E-state index is 5.38. The highest BCUT2D eigenvalue weighted by molar-refractivity contribution is 6.61. The number of aromatic nitrogens is 6. The Morgan fingerprint density at radius 2 is 0.840 bits per heavy atom. The van der Waals surface area contributed by atoms with Gasteiger partial charge in [-0.05, 0) is 28.6 Å². The first kappa shape index (κ1) is 29.3. The van der Waals surface area contributed by atoms with E-state index in [1.807, 2.05) is 107 Å². The van der Waals surface area contributed by atoms with Crippen LogP contribution in [0.1, 0.15) is 22.3 Å². The molecule has 0 fully saturated rings. The maximum absolute atomic E-state index is 5.38. The minimum atomic E-state index is 0.637. The van der Waals surface area contributed by atoms with E-state index in [9.17, 15) is 0 Å². The molecule has 9 rings (SSSR count). The van der Waals surface area contributed by atoms with Crippen LogP contribution in [0.3, 0.4) is 0 Å². The topological polar surface area (TPSA) is 86.1 Å². The van der Waals surface area contributed by atoms with Crippen LogP contribution in [0.25, 0.3) is 33.3 Å². The highest BCUT2D eigenvalue weighted by atomic mass is 15.4. The van der Waals surface area contributed by atoms with E-state index in [1.54, 1.807) is 0 Å². The molecule has 0 unspecified atom stereocenters. The first-order valence-corrected chi connectivity index (χ1v) is 16.5. The van der Waals surface area contributed by atoms with Crippen LogP contribution < -0.4 is 0 Å². The van der Waals surface area contributed by atoms with Gasteiger partial charge in [-0.2, -0.15) is 0 Å². The van der Waals surface area contributed by atoms with Gasteiger partial charge >= 0.3 is 0 Å². The fourth-order valence-corrected chi connectivity index (χ4v) is 6.57. The van der Waals surface area contributed by atoms with Crippen molar-refractivity contribution < 1.29 is 0 Å². The lowest BCUT2D eigenvalue weighted by Crippen LogP contribution is -2.10. The van der Waals surface area contributed by atoms with Crippen LogP contribution in [0.4, 0.5) is 11.4 Å². The number of hydrogen-bond acceptors (Lipinski definition) is 6. The molecule has 1 aliphatic rings. The molecule has 1 aliphatic carbocycles. The van der Waals surface area contributed by atoms with E-state index < -0.39 is 0 Å². The molecule has 0 spiro atoms. The van der Waals surface area contributed by atoms with Crippen molar-refractivity contribution in [2.75, 3.05) is 0 Å². The Hall–Kier alpha value is -6.80. The van der Waals surface area contributed by atoms with Gasteiger partial charge in [0.1, 0.15) is 11.4 Å². The minimum absolute atomic E-state index is 0.637. The molecular weight excluding hydrogens is 617 g/mol. The second-order valence-electron chi connectivity index (χ2n) is 12.2. The summed E-state index contributed by atoms with van der Waals surface area (Å²) in [5, 5.41) is 20.3. The van der Waals surface area contributed by atoms with Gasteiger partial charge in [-0.3, -0.25) is 0 Å². The van der Waals surface area contributed by atoms with E-state index in [1.165, 1.54) is 0 Å². The third-order valence-electron chi connectivity index (χ3n) is 8.92. The van der Waals surface area contributed by atoms with Crippen molar-refractivity contribution in [2.24, 2.45) is 9.98 Å². The quantitative estimate of drug-likeness (QED) is 0.165. The zero-order valence-electron chi connectivity index (χ0n) is 27.0. The molecule has 8 aromatic rings. The summed E-state index contributed by atoms with van der Waals surface area (Å²) in [6.07, 6.45) is 3.96. The molecule has 0 saturated heterocycles. The summed E-state index contributed by atoms with van der Waals surface area (Å²) in [5.74, 6) is 0. The van der Waals surface area contributed by atoms with Crippen molar-refractivity contribution in [1.82, 2.24) is 30.0 Å². The summed E-state index contributed by atoms with van der Waals surface area (Å²) in [6.45, 7) is 1.27. The maximum Gasteiger partial charge on any atom is 0.115 e. The number of aliphatic imine (C=N–C) groups is 2. The molecule has 0 radical (unpaired) electrons. The van der Waals surface area contributed by atoms with Gasteiger partial charge in [-0.25, -0.2) is 19.3 Å². The number of hydrogen-bond donors (Lipinski definition) is 0. The van der Waals surface area contributed by atoms with Gasteiger partial charge in [0.25, 0.3) is 0 Å².